The van der Waals surface area contributed by atoms with Gasteiger partial charge in [-0.15, -0.1) is 10.2 Å². The fraction of sp³-hybridized carbons (Fsp3) is 0.400. The molecule has 0 saturated carbocycles. The van der Waals surface area contributed by atoms with Crippen LogP contribution < -0.4 is 5.32 Å². The Hall–Kier alpha value is -1.96. The van der Waals surface area contributed by atoms with Crippen LogP contribution in [0.15, 0.2) is 30.9 Å². The molecular formula is C15H18ClN5O2. The molecule has 0 aliphatic carbocycles. The molecule has 2 aromatic rings. The summed E-state index contributed by atoms with van der Waals surface area (Å²) in [7, 11) is 0. The number of morpholine rings is 1. The number of amides is 1. The monoisotopic (exact) mass is 335 g/mol. The Morgan fingerprint density at radius 2 is 2.00 bits per heavy atom. The van der Waals surface area contributed by atoms with E-state index in [0.29, 0.717) is 17.1 Å². The number of nitrogens with one attached hydrogen (secondary N) is 1. The second-order valence-electron chi connectivity index (χ2n) is 5.24. The number of hydrogen-bond acceptors (Lipinski definition) is 5. The number of rotatable bonds is 5. The number of halogens is 1. The van der Waals surface area contributed by atoms with Crippen molar-refractivity contribution < 1.29 is 9.53 Å². The van der Waals surface area contributed by atoms with Gasteiger partial charge in [0.25, 0.3) is 5.91 Å². The zero-order valence-electron chi connectivity index (χ0n) is 12.6. The number of nitrogens with zero attached hydrogens (tertiary/aromatic N) is 4. The minimum atomic E-state index is -0.182. The van der Waals surface area contributed by atoms with Crippen LogP contribution in [-0.4, -0.2) is 65.0 Å². The molecule has 0 spiro atoms. The van der Waals surface area contributed by atoms with Crippen LogP contribution in [-0.2, 0) is 4.74 Å². The molecule has 1 amide bonds. The normalized spacial score (nSPS) is 15.5. The summed E-state index contributed by atoms with van der Waals surface area (Å²) in [5.41, 5.74) is 1.23. The summed E-state index contributed by atoms with van der Waals surface area (Å²) in [6, 6.07) is 5.25. The highest BCUT2D eigenvalue weighted by molar-refractivity contribution is 6.33. The van der Waals surface area contributed by atoms with E-state index in [-0.39, 0.29) is 5.91 Å². The lowest BCUT2D eigenvalue weighted by molar-refractivity contribution is 0.0383. The predicted octanol–water partition coefficient (Wildman–Crippen LogP) is 0.983. The number of benzene rings is 1. The summed E-state index contributed by atoms with van der Waals surface area (Å²) in [5.74, 6) is -0.182. The Morgan fingerprint density at radius 3 is 2.74 bits per heavy atom. The van der Waals surface area contributed by atoms with E-state index in [1.807, 2.05) is 6.07 Å². The third kappa shape index (κ3) is 4.07. The highest BCUT2D eigenvalue weighted by Gasteiger charge is 2.13. The average Bonchev–Trinajstić information content (AvgIpc) is 3.10. The molecule has 0 atom stereocenters. The zero-order chi connectivity index (χ0) is 16.1. The summed E-state index contributed by atoms with van der Waals surface area (Å²) in [6.45, 7) is 4.69. The molecule has 122 valence electrons. The molecule has 2 heterocycles. The SMILES string of the molecule is O=C(NCCN1CCOCC1)c1cc(-n2cnnc2)ccc1Cl. The Balaban J connectivity index is 1.61. The van der Waals surface area contributed by atoms with E-state index in [1.54, 1.807) is 29.4 Å². The van der Waals surface area contributed by atoms with Crippen LogP contribution in [0.25, 0.3) is 5.69 Å². The standard InChI is InChI=1S/C15H18ClN5O2/c16-14-2-1-12(21-10-18-19-11-21)9-13(14)15(22)17-3-4-20-5-7-23-8-6-20/h1-2,9-11H,3-8H2,(H,17,22). The maximum absolute atomic E-state index is 12.3. The number of carbonyl (C=O) groups is 1. The Bertz CT molecular complexity index is 656. The van der Waals surface area contributed by atoms with Gasteiger partial charge < -0.3 is 10.1 Å². The lowest BCUT2D eigenvalue weighted by Gasteiger charge is -2.26. The molecule has 7 nitrogen and oxygen atoms in total. The quantitative estimate of drug-likeness (QED) is 0.882. The summed E-state index contributed by atoms with van der Waals surface area (Å²) in [4.78, 5) is 14.6. The number of aromatic nitrogens is 3. The third-order valence-corrected chi connectivity index (χ3v) is 4.06. The van der Waals surface area contributed by atoms with Crippen LogP contribution in [0.1, 0.15) is 10.4 Å². The van der Waals surface area contributed by atoms with Gasteiger partial charge in [0.2, 0.25) is 0 Å². The molecule has 0 unspecified atom stereocenters. The predicted molar refractivity (Wildman–Crippen MR) is 86.0 cm³/mol. The summed E-state index contributed by atoms with van der Waals surface area (Å²) in [6.07, 6.45) is 3.15. The number of ether oxygens (including phenoxy) is 1. The summed E-state index contributed by atoms with van der Waals surface area (Å²) in [5, 5.41) is 10.9. The molecule has 8 heteroatoms. The molecule has 1 aromatic carbocycles. The van der Waals surface area contributed by atoms with Crippen molar-refractivity contribution in [3.8, 4) is 5.69 Å². The van der Waals surface area contributed by atoms with E-state index in [2.05, 4.69) is 20.4 Å². The second-order valence-corrected chi connectivity index (χ2v) is 5.65. The average molecular weight is 336 g/mol. The molecule has 1 aliphatic heterocycles. The molecule has 3 rings (SSSR count). The maximum atomic E-state index is 12.3. The van der Waals surface area contributed by atoms with E-state index < -0.39 is 0 Å². The zero-order valence-corrected chi connectivity index (χ0v) is 13.4. The molecule has 0 bridgehead atoms. The van der Waals surface area contributed by atoms with Gasteiger partial charge in [-0.1, -0.05) is 11.6 Å². The first-order valence-corrected chi connectivity index (χ1v) is 7.85. The van der Waals surface area contributed by atoms with Crippen molar-refractivity contribution in [2.45, 2.75) is 0 Å². The molecule has 23 heavy (non-hydrogen) atoms. The van der Waals surface area contributed by atoms with Crippen LogP contribution in [0, 0.1) is 0 Å². The fourth-order valence-electron chi connectivity index (χ4n) is 2.43. The minimum Gasteiger partial charge on any atom is -0.379 e. The lowest BCUT2D eigenvalue weighted by atomic mass is 10.2. The van der Waals surface area contributed by atoms with Crippen molar-refractivity contribution in [2.24, 2.45) is 0 Å². The van der Waals surface area contributed by atoms with Gasteiger partial charge in [0.15, 0.2) is 0 Å². The van der Waals surface area contributed by atoms with E-state index in [1.165, 1.54) is 0 Å². The van der Waals surface area contributed by atoms with E-state index >= 15 is 0 Å². The molecule has 1 aromatic heterocycles. The molecule has 1 saturated heterocycles. The van der Waals surface area contributed by atoms with Gasteiger partial charge in [0.05, 0.1) is 23.8 Å². The third-order valence-electron chi connectivity index (χ3n) is 3.73. The molecule has 1 aliphatic rings. The van der Waals surface area contributed by atoms with Crippen molar-refractivity contribution in [1.82, 2.24) is 25.0 Å². The van der Waals surface area contributed by atoms with Crippen LogP contribution in [0.4, 0.5) is 0 Å². The summed E-state index contributed by atoms with van der Waals surface area (Å²) >= 11 is 6.15. The van der Waals surface area contributed by atoms with Crippen molar-refractivity contribution >= 4 is 17.5 Å². The van der Waals surface area contributed by atoms with Gasteiger partial charge in [-0.25, -0.2) is 0 Å². The van der Waals surface area contributed by atoms with Crippen LogP contribution in [0.2, 0.25) is 5.02 Å². The molecule has 0 radical (unpaired) electrons. The first-order chi connectivity index (χ1) is 11.2. The van der Waals surface area contributed by atoms with Crippen LogP contribution in [0.3, 0.4) is 0 Å². The van der Waals surface area contributed by atoms with Gasteiger partial charge in [-0.3, -0.25) is 14.3 Å². The van der Waals surface area contributed by atoms with Crippen molar-refractivity contribution in [2.75, 3.05) is 39.4 Å². The Labute approximate surface area is 139 Å². The highest BCUT2D eigenvalue weighted by atomic mass is 35.5. The van der Waals surface area contributed by atoms with E-state index in [0.717, 1.165) is 38.5 Å². The van der Waals surface area contributed by atoms with Crippen molar-refractivity contribution in [3.63, 3.8) is 0 Å². The Kier molecular flexibility index (Phi) is 5.22. The van der Waals surface area contributed by atoms with Gasteiger partial charge in [-0.2, -0.15) is 0 Å². The van der Waals surface area contributed by atoms with Gasteiger partial charge >= 0.3 is 0 Å². The highest BCUT2D eigenvalue weighted by Crippen LogP contribution is 2.19. The molecule has 1 fully saturated rings. The topological polar surface area (TPSA) is 72.3 Å². The first-order valence-electron chi connectivity index (χ1n) is 7.47. The fourth-order valence-corrected chi connectivity index (χ4v) is 2.63. The van der Waals surface area contributed by atoms with Crippen molar-refractivity contribution in [1.29, 1.82) is 0 Å². The largest absolute Gasteiger partial charge is 0.379 e. The number of hydrogen-bond donors (Lipinski definition) is 1. The summed E-state index contributed by atoms with van der Waals surface area (Å²) < 4.78 is 7.02. The van der Waals surface area contributed by atoms with Crippen LogP contribution >= 0.6 is 11.6 Å². The van der Waals surface area contributed by atoms with Crippen molar-refractivity contribution in [3.05, 3.63) is 41.4 Å². The second kappa shape index (κ2) is 7.54. The van der Waals surface area contributed by atoms with Gasteiger partial charge in [0.1, 0.15) is 12.7 Å². The van der Waals surface area contributed by atoms with Crippen LogP contribution in [0.5, 0.6) is 0 Å². The first kappa shape index (κ1) is 15.9. The van der Waals surface area contributed by atoms with E-state index in [9.17, 15) is 4.79 Å². The smallest absolute Gasteiger partial charge is 0.252 e. The van der Waals surface area contributed by atoms with Gasteiger partial charge in [0, 0.05) is 31.9 Å². The maximum Gasteiger partial charge on any atom is 0.252 e. The lowest BCUT2D eigenvalue weighted by Crippen LogP contribution is -2.41. The molecular weight excluding hydrogens is 318 g/mol. The van der Waals surface area contributed by atoms with E-state index in [4.69, 9.17) is 16.3 Å². The minimum absolute atomic E-state index is 0.182. The molecule has 1 N–H and O–H groups in total. The van der Waals surface area contributed by atoms with Gasteiger partial charge in [-0.05, 0) is 18.2 Å². The Morgan fingerprint density at radius 1 is 1.26 bits per heavy atom. The number of carbonyl (C=O) groups excluding carboxylic acids is 1.